The van der Waals surface area contributed by atoms with Crippen LogP contribution in [0.1, 0.15) is 30.8 Å². The first-order valence-corrected chi connectivity index (χ1v) is 7.51. The first-order chi connectivity index (χ1) is 9.65. The standard InChI is InChI=1S/C13H17FIN5/c1-2-5-20-13(17-8-18-20)7-12(19-16)10-4-3-9(14)6-11(10)15/h3-4,6,8,12,19H,2,5,7,16H2,1H3. The predicted octanol–water partition coefficient (Wildman–Crippen LogP) is 2.18. The number of nitrogens with two attached hydrogens (primary N) is 1. The molecular formula is C13H17FIN5. The average Bonchev–Trinajstić information content (AvgIpc) is 2.84. The van der Waals surface area contributed by atoms with Crippen LogP contribution in [0.25, 0.3) is 0 Å². The van der Waals surface area contributed by atoms with E-state index in [0.717, 1.165) is 27.9 Å². The van der Waals surface area contributed by atoms with Gasteiger partial charge < -0.3 is 0 Å². The molecule has 0 bridgehead atoms. The van der Waals surface area contributed by atoms with Crippen molar-refractivity contribution in [1.29, 1.82) is 0 Å². The molecule has 3 N–H and O–H groups in total. The van der Waals surface area contributed by atoms with Crippen LogP contribution in [0, 0.1) is 9.39 Å². The minimum absolute atomic E-state index is 0.123. The zero-order chi connectivity index (χ0) is 14.5. The van der Waals surface area contributed by atoms with Crippen LogP contribution in [0.5, 0.6) is 0 Å². The molecule has 1 atom stereocenters. The van der Waals surface area contributed by atoms with E-state index in [-0.39, 0.29) is 11.9 Å². The van der Waals surface area contributed by atoms with Gasteiger partial charge in [0.25, 0.3) is 0 Å². The Morgan fingerprint density at radius 1 is 1.50 bits per heavy atom. The summed E-state index contributed by atoms with van der Waals surface area (Å²) in [5, 5.41) is 4.20. The third kappa shape index (κ3) is 3.53. The Morgan fingerprint density at radius 2 is 2.30 bits per heavy atom. The molecule has 1 aromatic heterocycles. The second kappa shape index (κ2) is 7.09. The van der Waals surface area contributed by atoms with E-state index in [0.29, 0.717) is 6.42 Å². The molecule has 1 unspecified atom stereocenters. The Balaban J connectivity index is 2.22. The smallest absolute Gasteiger partial charge is 0.138 e. The van der Waals surface area contributed by atoms with Crippen molar-refractivity contribution in [2.75, 3.05) is 0 Å². The zero-order valence-corrected chi connectivity index (χ0v) is 13.3. The summed E-state index contributed by atoms with van der Waals surface area (Å²) in [6.45, 7) is 2.92. The SMILES string of the molecule is CCCn1ncnc1CC(NN)c1ccc(F)cc1I. The largest absolute Gasteiger partial charge is 0.271 e. The number of hydrazine groups is 1. The molecule has 1 aromatic carbocycles. The highest BCUT2D eigenvalue weighted by molar-refractivity contribution is 14.1. The molecule has 0 aliphatic rings. The van der Waals surface area contributed by atoms with Crippen LogP contribution in [0.3, 0.4) is 0 Å². The third-order valence-electron chi connectivity index (χ3n) is 3.06. The summed E-state index contributed by atoms with van der Waals surface area (Å²) in [7, 11) is 0. The van der Waals surface area contributed by atoms with Crippen molar-refractivity contribution in [3.8, 4) is 0 Å². The van der Waals surface area contributed by atoms with E-state index < -0.39 is 0 Å². The first-order valence-electron chi connectivity index (χ1n) is 6.43. The minimum Gasteiger partial charge on any atom is -0.271 e. The molecular weight excluding hydrogens is 372 g/mol. The van der Waals surface area contributed by atoms with Gasteiger partial charge in [-0.25, -0.2) is 9.37 Å². The fourth-order valence-electron chi connectivity index (χ4n) is 2.07. The molecule has 2 rings (SSSR count). The van der Waals surface area contributed by atoms with Gasteiger partial charge in [0.05, 0.1) is 6.04 Å². The lowest BCUT2D eigenvalue weighted by Crippen LogP contribution is -2.31. The quantitative estimate of drug-likeness (QED) is 0.452. The van der Waals surface area contributed by atoms with Crippen LogP contribution in [0.4, 0.5) is 4.39 Å². The van der Waals surface area contributed by atoms with Gasteiger partial charge in [-0.2, -0.15) is 5.10 Å². The van der Waals surface area contributed by atoms with E-state index in [9.17, 15) is 4.39 Å². The number of halogens is 2. The van der Waals surface area contributed by atoms with E-state index in [4.69, 9.17) is 5.84 Å². The Kier molecular flexibility index (Phi) is 5.44. The lowest BCUT2D eigenvalue weighted by molar-refractivity contribution is 0.497. The van der Waals surface area contributed by atoms with Crippen LogP contribution in [-0.4, -0.2) is 14.8 Å². The summed E-state index contributed by atoms with van der Waals surface area (Å²) in [5.41, 5.74) is 3.74. The molecule has 5 nitrogen and oxygen atoms in total. The van der Waals surface area contributed by atoms with Gasteiger partial charge in [0.2, 0.25) is 0 Å². The fraction of sp³-hybridized carbons (Fsp3) is 0.385. The first kappa shape index (κ1) is 15.3. The van der Waals surface area contributed by atoms with Gasteiger partial charge in [-0.1, -0.05) is 13.0 Å². The number of aryl methyl sites for hydroxylation is 1. The van der Waals surface area contributed by atoms with Crippen molar-refractivity contribution in [3.63, 3.8) is 0 Å². The number of hydrogen-bond acceptors (Lipinski definition) is 4. The second-order valence-electron chi connectivity index (χ2n) is 4.49. The maximum Gasteiger partial charge on any atom is 0.138 e. The van der Waals surface area contributed by atoms with Gasteiger partial charge in [-0.3, -0.25) is 16.0 Å². The van der Waals surface area contributed by atoms with Crippen molar-refractivity contribution < 1.29 is 4.39 Å². The molecule has 0 amide bonds. The van der Waals surface area contributed by atoms with Crippen LogP contribution in [-0.2, 0) is 13.0 Å². The van der Waals surface area contributed by atoms with E-state index in [1.54, 1.807) is 12.4 Å². The summed E-state index contributed by atoms with van der Waals surface area (Å²) in [6, 6.07) is 4.57. The highest BCUT2D eigenvalue weighted by Gasteiger charge is 2.17. The van der Waals surface area contributed by atoms with Gasteiger partial charge in [0, 0.05) is 16.5 Å². The molecule has 0 saturated heterocycles. The molecule has 0 saturated carbocycles. The van der Waals surface area contributed by atoms with E-state index in [2.05, 4.69) is 45.0 Å². The maximum atomic E-state index is 13.2. The van der Waals surface area contributed by atoms with Crippen molar-refractivity contribution in [2.45, 2.75) is 32.4 Å². The Bertz CT molecular complexity index is 572. The number of hydrogen-bond donors (Lipinski definition) is 2. The summed E-state index contributed by atoms with van der Waals surface area (Å²) in [6.07, 6.45) is 3.15. The normalized spacial score (nSPS) is 12.6. The van der Waals surface area contributed by atoms with E-state index in [1.165, 1.54) is 12.1 Å². The number of rotatable bonds is 6. The molecule has 0 radical (unpaired) electrons. The molecule has 0 aliphatic carbocycles. The molecule has 108 valence electrons. The van der Waals surface area contributed by atoms with Gasteiger partial charge in [-0.15, -0.1) is 0 Å². The van der Waals surface area contributed by atoms with Gasteiger partial charge in [0.15, 0.2) is 0 Å². The minimum atomic E-state index is -0.247. The number of nitrogens with one attached hydrogen (secondary N) is 1. The highest BCUT2D eigenvalue weighted by Crippen LogP contribution is 2.23. The van der Waals surface area contributed by atoms with Crippen molar-refractivity contribution in [3.05, 3.63) is 45.3 Å². The molecule has 0 aliphatic heterocycles. The topological polar surface area (TPSA) is 68.8 Å². The Hall–Kier alpha value is -1.06. The average molecular weight is 389 g/mol. The molecule has 1 heterocycles. The lowest BCUT2D eigenvalue weighted by Gasteiger charge is -2.18. The van der Waals surface area contributed by atoms with Crippen molar-refractivity contribution >= 4 is 22.6 Å². The Morgan fingerprint density at radius 3 is 2.95 bits per heavy atom. The monoisotopic (exact) mass is 389 g/mol. The van der Waals surface area contributed by atoms with Gasteiger partial charge in [0.1, 0.15) is 18.0 Å². The molecule has 7 heteroatoms. The maximum absolute atomic E-state index is 13.2. The lowest BCUT2D eigenvalue weighted by atomic mass is 10.0. The number of nitrogens with zero attached hydrogens (tertiary/aromatic N) is 3. The van der Waals surface area contributed by atoms with E-state index >= 15 is 0 Å². The number of aromatic nitrogens is 3. The summed E-state index contributed by atoms with van der Waals surface area (Å²) < 4.78 is 15.9. The third-order valence-corrected chi connectivity index (χ3v) is 3.99. The number of benzene rings is 1. The van der Waals surface area contributed by atoms with Crippen LogP contribution < -0.4 is 11.3 Å². The zero-order valence-electron chi connectivity index (χ0n) is 11.2. The molecule has 2 aromatic rings. The second-order valence-corrected chi connectivity index (χ2v) is 5.65. The summed E-state index contributed by atoms with van der Waals surface area (Å²) in [5.74, 6) is 6.27. The molecule has 0 spiro atoms. The molecule has 0 fully saturated rings. The van der Waals surface area contributed by atoms with Crippen LogP contribution in [0.2, 0.25) is 0 Å². The summed E-state index contributed by atoms with van der Waals surface area (Å²) in [4.78, 5) is 4.28. The van der Waals surface area contributed by atoms with Gasteiger partial charge >= 0.3 is 0 Å². The fourth-order valence-corrected chi connectivity index (χ4v) is 2.92. The van der Waals surface area contributed by atoms with Crippen LogP contribution >= 0.6 is 22.6 Å². The Labute approximate surface area is 130 Å². The van der Waals surface area contributed by atoms with Crippen molar-refractivity contribution in [2.24, 2.45) is 5.84 Å². The van der Waals surface area contributed by atoms with Crippen molar-refractivity contribution in [1.82, 2.24) is 20.2 Å². The highest BCUT2D eigenvalue weighted by atomic mass is 127. The van der Waals surface area contributed by atoms with E-state index in [1.807, 2.05) is 4.68 Å². The predicted molar refractivity (Wildman–Crippen MR) is 83.2 cm³/mol. The molecule has 20 heavy (non-hydrogen) atoms. The van der Waals surface area contributed by atoms with Crippen LogP contribution in [0.15, 0.2) is 24.5 Å². The van der Waals surface area contributed by atoms with Gasteiger partial charge in [-0.05, 0) is 46.7 Å². The summed E-state index contributed by atoms with van der Waals surface area (Å²) >= 11 is 2.11.